The van der Waals surface area contributed by atoms with E-state index in [0.29, 0.717) is 42.5 Å². The van der Waals surface area contributed by atoms with Gasteiger partial charge in [0.1, 0.15) is 0 Å². The zero-order valence-corrected chi connectivity index (χ0v) is 19.4. The average molecular weight is 450 g/mol. The van der Waals surface area contributed by atoms with Crippen LogP contribution in [0.5, 0.6) is 11.5 Å². The number of benzene rings is 2. The van der Waals surface area contributed by atoms with E-state index in [1.165, 1.54) is 22.0 Å². The van der Waals surface area contributed by atoms with Gasteiger partial charge in [0.05, 0.1) is 20.8 Å². The van der Waals surface area contributed by atoms with Gasteiger partial charge in [-0.25, -0.2) is 4.79 Å². The number of alkyl carbamates (subject to hydrolysis) is 1. The van der Waals surface area contributed by atoms with Crippen molar-refractivity contribution in [1.82, 2.24) is 15.2 Å². The number of ether oxygens (including phenoxy) is 3. The second-order valence-corrected chi connectivity index (χ2v) is 9.14. The number of likely N-dealkylation sites (N-methyl/N-ethyl adjacent to an activating group) is 1. The Morgan fingerprint density at radius 3 is 2.85 bits per heavy atom. The number of carbonyl (C=O) groups excluding carboxylic acids is 1. The molecule has 1 aliphatic carbocycles. The number of carbonyl (C=O) groups is 1. The normalized spacial score (nSPS) is 22.0. The highest BCUT2D eigenvalue weighted by Gasteiger charge is 2.39. The van der Waals surface area contributed by atoms with E-state index in [1.807, 2.05) is 18.2 Å². The molecule has 7 heteroatoms. The van der Waals surface area contributed by atoms with Gasteiger partial charge in [0.15, 0.2) is 11.5 Å². The standard InChI is InChI=1S/C26H31N3O4/c1-29-14-17(9-20-19-5-4-6-21-25(19)18(13-27-21)11-22(20)29)15-33-26(30)28-12-16-7-8-23(31-2)24(10-16)32-3/h4-8,10,13,17,20,22,27H,9,11-12,14-15H2,1-3H3,(H,28,30)/t17-,20?,22-/m1/s1. The van der Waals surface area contributed by atoms with Gasteiger partial charge < -0.3 is 29.4 Å². The Bertz CT molecular complexity index is 1160. The van der Waals surface area contributed by atoms with E-state index in [4.69, 9.17) is 14.2 Å². The maximum Gasteiger partial charge on any atom is 0.407 e. The number of nitrogens with one attached hydrogen (secondary N) is 2. The van der Waals surface area contributed by atoms with Crippen LogP contribution in [-0.4, -0.2) is 56.4 Å². The second kappa shape index (κ2) is 8.98. The SMILES string of the molecule is COc1ccc(CNC(=O)OC[C@@H]2CC3c4cccc5[nH]cc(c45)C[C@H]3N(C)C2)cc1OC. The zero-order valence-electron chi connectivity index (χ0n) is 19.4. The monoisotopic (exact) mass is 449 g/mol. The van der Waals surface area contributed by atoms with Crippen molar-refractivity contribution >= 4 is 17.0 Å². The average Bonchev–Trinajstić information content (AvgIpc) is 3.26. The number of nitrogens with zero attached hydrogens (tertiary/aromatic N) is 1. The Morgan fingerprint density at radius 2 is 2.03 bits per heavy atom. The number of aromatic nitrogens is 1. The molecule has 0 radical (unpaired) electrons. The summed E-state index contributed by atoms with van der Waals surface area (Å²) < 4.78 is 16.2. The fraction of sp³-hybridized carbons (Fsp3) is 0.423. The zero-order chi connectivity index (χ0) is 22.9. The van der Waals surface area contributed by atoms with Crippen LogP contribution in [0.15, 0.2) is 42.6 Å². The van der Waals surface area contributed by atoms with Gasteiger partial charge in [-0.3, -0.25) is 0 Å². The molecular formula is C26H31N3O4. The van der Waals surface area contributed by atoms with Crippen molar-refractivity contribution in [3.63, 3.8) is 0 Å². The van der Waals surface area contributed by atoms with Crippen LogP contribution in [0, 0.1) is 5.92 Å². The maximum atomic E-state index is 12.4. The number of likely N-dealkylation sites (tertiary alicyclic amines) is 1. The lowest BCUT2D eigenvalue weighted by atomic mass is 9.72. The maximum absolute atomic E-state index is 12.4. The molecule has 2 aromatic carbocycles. The Kier molecular flexibility index (Phi) is 5.89. The number of methoxy groups -OCH3 is 2. The molecule has 1 aliphatic heterocycles. The summed E-state index contributed by atoms with van der Waals surface area (Å²) >= 11 is 0. The topological polar surface area (TPSA) is 75.8 Å². The minimum atomic E-state index is -0.395. The molecule has 0 spiro atoms. The first-order valence-corrected chi connectivity index (χ1v) is 11.5. The van der Waals surface area contributed by atoms with Crippen molar-refractivity contribution in [3.05, 3.63) is 59.3 Å². The summed E-state index contributed by atoms with van der Waals surface area (Å²) in [6, 6.07) is 12.6. The first kappa shape index (κ1) is 21.6. The minimum Gasteiger partial charge on any atom is -0.493 e. The fourth-order valence-electron chi connectivity index (χ4n) is 5.58. The first-order chi connectivity index (χ1) is 16.1. The van der Waals surface area contributed by atoms with Crippen LogP contribution in [0.25, 0.3) is 10.9 Å². The number of piperidine rings is 1. The molecule has 0 saturated carbocycles. The third-order valence-electron chi connectivity index (χ3n) is 7.15. The first-order valence-electron chi connectivity index (χ1n) is 11.5. The van der Waals surface area contributed by atoms with Gasteiger partial charge in [-0.05, 0) is 54.8 Å². The van der Waals surface area contributed by atoms with Crippen molar-refractivity contribution in [2.75, 3.05) is 34.4 Å². The summed E-state index contributed by atoms with van der Waals surface area (Å²) in [5.41, 5.74) is 4.98. The summed E-state index contributed by atoms with van der Waals surface area (Å²) in [6.45, 7) is 1.72. The largest absolute Gasteiger partial charge is 0.493 e. The lowest BCUT2D eigenvalue weighted by Crippen LogP contribution is -2.49. The number of H-pyrrole nitrogens is 1. The molecule has 1 unspecified atom stereocenters. The molecule has 0 bridgehead atoms. The van der Waals surface area contributed by atoms with Crippen LogP contribution >= 0.6 is 0 Å². The fourth-order valence-corrected chi connectivity index (χ4v) is 5.58. The van der Waals surface area contributed by atoms with Gasteiger partial charge in [-0.1, -0.05) is 18.2 Å². The van der Waals surface area contributed by atoms with Crippen molar-refractivity contribution in [1.29, 1.82) is 0 Å². The Hall–Kier alpha value is -3.19. The van der Waals surface area contributed by atoms with Crippen molar-refractivity contribution in [2.24, 2.45) is 5.92 Å². The summed E-state index contributed by atoms with van der Waals surface area (Å²) in [5, 5.41) is 4.24. The van der Waals surface area contributed by atoms with Crippen molar-refractivity contribution < 1.29 is 19.0 Å². The molecule has 1 fully saturated rings. The van der Waals surface area contributed by atoms with Crippen LogP contribution in [0.4, 0.5) is 4.79 Å². The molecule has 3 atom stereocenters. The predicted molar refractivity (Wildman–Crippen MR) is 127 cm³/mol. The highest BCUT2D eigenvalue weighted by atomic mass is 16.5. The summed E-state index contributed by atoms with van der Waals surface area (Å²) in [7, 11) is 5.39. The van der Waals surface area contributed by atoms with Gasteiger partial charge in [-0.2, -0.15) is 0 Å². The number of amides is 1. The molecule has 174 valence electrons. The Morgan fingerprint density at radius 1 is 1.18 bits per heavy atom. The number of hydrogen-bond donors (Lipinski definition) is 2. The minimum absolute atomic E-state index is 0.304. The van der Waals surface area contributed by atoms with Crippen LogP contribution < -0.4 is 14.8 Å². The lowest BCUT2D eigenvalue weighted by Gasteiger charge is -2.45. The van der Waals surface area contributed by atoms with E-state index in [-0.39, 0.29) is 0 Å². The highest BCUT2D eigenvalue weighted by Crippen LogP contribution is 2.44. The molecular weight excluding hydrogens is 418 g/mol. The predicted octanol–water partition coefficient (Wildman–Crippen LogP) is 4.07. The van der Waals surface area contributed by atoms with E-state index in [0.717, 1.165) is 24.9 Å². The van der Waals surface area contributed by atoms with Crippen molar-refractivity contribution in [2.45, 2.75) is 31.3 Å². The van der Waals surface area contributed by atoms with Gasteiger partial charge in [0.25, 0.3) is 0 Å². The summed E-state index contributed by atoms with van der Waals surface area (Å²) in [6.07, 6.45) is 3.86. The highest BCUT2D eigenvalue weighted by molar-refractivity contribution is 5.88. The van der Waals surface area contributed by atoms with Crippen molar-refractivity contribution in [3.8, 4) is 11.5 Å². The van der Waals surface area contributed by atoms with Crippen LogP contribution in [-0.2, 0) is 17.7 Å². The van der Waals surface area contributed by atoms with Crippen LogP contribution in [0.1, 0.15) is 29.0 Å². The number of rotatable bonds is 6. The number of aromatic amines is 1. The van der Waals surface area contributed by atoms with E-state index < -0.39 is 6.09 Å². The van der Waals surface area contributed by atoms with E-state index in [2.05, 4.69) is 46.6 Å². The molecule has 33 heavy (non-hydrogen) atoms. The smallest absolute Gasteiger partial charge is 0.407 e. The van der Waals surface area contributed by atoms with E-state index >= 15 is 0 Å². The molecule has 2 N–H and O–H groups in total. The third kappa shape index (κ3) is 4.13. The lowest BCUT2D eigenvalue weighted by molar-refractivity contribution is 0.0620. The molecule has 3 aromatic rings. The van der Waals surface area contributed by atoms with E-state index in [1.54, 1.807) is 14.2 Å². The van der Waals surface area contributed by atoms with Crippen LogP contribution in [0.3, 0.4) is 0 Å². The quantitative estimate of drug-likeness (QED) is 0.593. The van der Waals surface area contributed by atoms with Gasteiger partial charge in [0.2, 0.25) is 0 Å². The Labute approximate surface area is 194 Å². The summed E-state index contributed by atoms with van der Waals surface area (Å²) in [4.78, 5) is 18.2. The van der Waals surface area contributed by atoms with Gasteiger partial charge in [-0.15, -0.1) is 0 Å². The molecule has 1 amide bonds. The third-order valence-corrected chi connectivity index (χ3v) is 7.15. The number of hydrogen-bond acceptors (Lipinski definition) is 5. The van der Waals surface area contributed by atoms with Gasteiger partial charge in [0, 0.05) is 48.1 Å². The molecule has 5 rings (SSSR count). The molecule has 2 aliphatic rings. The molecule has 1 saturated heterocycles. The molecule has 1 aromatic heterocycles. The van der Waals surface area contributed by atoms with E-state index in [9.17, 15) is 4.79 Å². The number of fused-ring (bicyclic) bond motifs is 2. The molecule has 2 heterocycles. The Balaban J connectivity index is 1.19. The second-order valence-electron chi connectivity index (χ2n) is 9.14. The summed E-state index contributed by atoms with van der Waals surface area (Å²) in [5.74, 6) is 2.06. The van der Waals surface area contributed by atoms with Gasteiger partial charge >= 0.3 is 6.09 Å². The van der Waals surface area contributed by atoms with Crippen LogP contribution in [0.2, 0.25) is 0 Å². The molecule has 7 nitrogen and oxygen atoms in total.